The summed E-state index contributed by atoms with van der Waals surface area (Å²) in [7, 11) is 0. The molecule has 0 aromatic heterocycles. The third-order valence-corrected chi connectivity index (χ3v) is 5.02. The highest BCUT2D eigenvalue weighted by Gasteiger charge is 2.16. The summed E-state index contributed by atoms with van der Waals surface area (Å²) in [5, 5.41) is 5.21. The van der Waals surface area contributed by atoms with Crippen molar-refractivity contribution in [3.63, 3.8) is 0 Å². The Morgan fingerprint density at radius 3 is 2.54 bits per heavy atom. The number of hydrogen-bond donors (Lipinski definition) is 1. The van der Waals surface area contributed by atoms with Gasteiger partial charge in [0.1, 0.15) is 5.75 Å². The molecular weight excluding hydrogens is 322 g/mol. The number of carbonyl (C=O) groups excluding carboxylic acids is 1. The highest BCUT2D eigenvalue weighted by atomic mass is 16.5. The lowest BCUT2D eigenvalue weighted by Crippen LogP contribution is -2.30. The molecule has 3 nitrogen and oxygen atoms in total. The van der Waals surface area contributed by atoms with Gasteiger partial charge in [-0.15, -0.1) is 0 Å². The van der Waals surface area contributed by atoms with E-state index in [4.69, 9.17) is 4.74 Å². The number of rotatable bonds is 4. The summed E-state index contributed by atoms with van der Waals surface area (Å²) >= 11 is 0. The standard InChI is InChI=1S/C23H23NO2/c1-16(26-22-13-11-18-7-3-5-9-20(18)15-22)23(25)24-21-12-10-17-6-2-4-8-19(17)14-21/h2,4,6,8,10-16H,3,5,7,9H2,1H3,(H,24,25). The van der Waals surface area contributed by atoms with E-state index in [0.717, 1.165) is 35.1 Å². The van der Waals surface area contributed by atoms with Gasteiger partial charge in [0.25, 0.3) is 5.91 Å². The Kier molecular flexibility index (Phi) is 4.61. The summed E-state index contributed by atoms with van der Waals surface area (Å²) in [6.45, 7) is 1.79. The maximum atomic E-state index is 12.5. The van der Waals surface area contributed by atoms with E-state index in [9.17, 15) is 4.79 Å². The van der Waals surface area contributed by atoms with Crippen LogP contribution in [-0.2, 0) is 17.6 Å². The van der Waals surface area contributed by atoms with Crippen LogP contribution in [-0.4, -0.2) is 12.0 Å². The van der Waals surface area contributed by atoms with Crippen molar-refractivity contribution in [2.45, 2.75) is 38.7 Å². The van der Waals surface area contributed by atoms with Crippen LogP contribution in [0.25, 0.3) is 10.8 Å². The van der Waals surface area contributed by atoms with Crippen LogP contribution in [0.1, 0.15) is 30.9 Å². The predicted octanol–water partition coefficient (Wildman–Crippen LogP) is 5.12. The number of anilines is 1. The van der Waals surface area contributed by atoms with Crippen LogP contribution < -0.4 is 10.1 Å². The third kappa shape index (κ3) is 3.57. The fourth-order valence-electron chi connectivity index (χ4n) is 3.55. The molecule has 0 spiro atoms. The van der Waals surface area contributed by atoms with Gasteiger partial charge >= 0.3 is 0 Å². The maximum Gasteiger partial charge on any atom is 0.265 e. The monoisotopic (exact) mass is 345 g/mol. The summed E-state index contributed by atoms with van der Waals surface area (Å²) in [5.74, 6) is 0.629. The van der Waals surface area contributed by atoms with Gasteiger partial charge in [-0.05, 0) is 78.8 Å². The summed E-state index contributed by atoms with van der Waals surface area (Å²) in [4.78, 5) is 12.5. The molecular formula is C23H23NO2. The molecule has 3 aromatic rings. The fraction of sp³-hybridized carbons (Fsp3) is 0.261. The maximum absolute atomic E-state index is 12.5. The molecule has 0 bridgehead atoms. The van der Waals surface area contributed by atoms with E-state index in [1.165, 1.54) is 24.0 Å². The zero-order valence-corrected chi connectivity index (χ0v) is 15.0. The molecule has 26 heavy (non-hydrogen) atoms. The van der Waals surface area contributed by atoms with E-state index in [1.807, 2.05) is 42.5 Å². The molecule has 3 aromatic carbocycles. The van der Waals surface area contributed by atoms with Crippen molar-refractivity contribution in [1.29, 1.82) is 0 Å². The van der Waals surface area contributed by atoms with Crippen molar-refractivity contribution in [3.05, 3.63) is 71.8 Å². The van der Waals surface area contributed by atoms with Crippen LogP contribution in [0.5, 0.6) is 5.75 Å². The minimum Gasteiger partial charge on any atom is -0.481 e. The summed E-state index contributed by atoms with van der Waals surface area (Å²) in [6, 6.07) is 20.2. The van der Waals surface area contributed by atoms with E-state index in [0.29, 0.717) is 0 Å². The Bertz CT molecular complexity index is 948. The van der Waals surface area contributed by atoms with Crippen LogP contribution >= 0.6 is 0 Å². The highest BCUT2D eigenvalue weighted by Crippen LogP contribution is 2.26. The van der Waals surface area contributed by atoms with Crippen LogP contribution in [0.3, 0.4) is 0 Å². The van der Waals surface area contributed by atoms with Crippen molar-refractivity contribution in [3.8, 4) is 5.75 Å². The molecule has 0 saturated carbocycles. The molecule has 0 aliphatic heterocycles. The van der Waals surface area contributed by atoms with E-state index < -0.39 is 6.10 Å². The molecule has 1 unspecified atom stereocenters. The minimum atomic E-state index is -0.553. The largest absolute Gasteiger partial charge is 0.481 e. The third-order valence-electron chi connectivity index (χ3n) is 5.02. The molecule has 0 saturated heterocycles. The Morgan fingerprint density at radius 1 is 0.923 bits per heavy atom. The SMILES string of the molecule is CC(Oc1ccc2c(c1)CCCC2)C(=O)Nc1ccc2ccccc2c1. The Morgan fingerprint density at radius 2 is 1.69 bits per heavy atom. The molecule has 0 heterocycles. The summed E-state index contributed by atoms with van der Waals surface area (Å²) in [5.41, 5.74) is 3.56. The number of amides is 1. The van der Waals surface area contributed by atoms with E-state index in [2.05, 4.69) is 23.5 Å². The van der Waals surface area contributed by atoms with Gasteiger partial charge in [-0.1, -0.05) is 36.4 Å². The molecule has 1 N–H and O–H groups in total. The second-order valence-electron chi connectivity index (χ2n) is 6.95. The Balaban J connectivity index is 1.44. The molecule has 4 rings (SSSR count). The predicted molar refractivity (Wildman–Crippen MR) is 106 cm³/mol. The van der Waals surface area contributed by atoms with Crippen molar-refractivity contribution in [1.82, 2.24) is 0 Å². The number of fused-ring (bicyclic) bond motifs is 2. The van der Waals surface area contributed by atoms with Crippen molar-refractivity contribution in [2.24, 2.45) is 0 Å². The van der Waals surface area contributed by atoms with Crippen LogP contribution in [0.15, 0.2) is 60.7 Å². The lowest BCUT2D eigenvalue weighted by Gasteiger charge is -2.19. The zero-order chi connectivity index (χ0) is 17.9. The van der Waals surface area contributed by atoms with Gasteiger partial charge in [0, 0.05) is 5.69 Å². The molecule has 1 amide bonds. The average molecular weight is 345 g/mol. The van der Waals surface area contributed by atoms with Gasteiger partial charge in [-0.25, -0.2) is 0 Å². The number of hydrogen-bond acceptors (Lipinski definition) is 2. The molecule has 1 aliphatic rings. The molecule has 1 aliphatic carbocycles. The first kappa shape index (κ1) is 16.6. The summed E-state index contributed by atoms with van der Waals surface area (Å²) in [6.07, 6.45) is 4.19. The lowest BCUT2D eigenvalue weighted by molar-refractivity contribution is -0.122. The van der Waals surface area contributed by atoms with Gasteiger partial charge in [-0.3, -0.25) is 4.79 Å². The number of nitrogens with one attached hydrogen (secondary N) is 1. The van der Waals surface area contributed by atoms with Crippen molar-refractivity contribution < 1.29 is 9.53 Å². The average Bonchev–Trinajstić information content (AvgIpc) is 2.67. The number of aryl methyl sites for hydroxylation is 2. The fourth-order valence-corrected chi connectivity index (χ4v) is 3.55. The first-order valence-corrected chi connectivity index (χ1v) is 9.27. The zero-order valence-electron chi connectivity index (χ0n) is 15.0. The van der Waals surface area contributed by atoms with Gasteiger partial charge in [0.2, 0.25) is 0 Å². The smallest absolute Gasteiger partial charge is 0.265 e. The van der Waals surface area contributed by atoms with Gasteiger partial charge in [0.15, 0.2) is 6.10 Å². The normalized spacial score (nSPS) is 14.5. The second-order valence-corrected chi connectivity index (χ2v) is 6.95. The first-order valence-electron chi connectivity index (χ1n) is 9.27. The molecule has 0 fully saturated rings. The first-order chi connectivity index (χ1) is 12.7. The Hall–Kier alpha value is -2.81. The van der Waals surface area contributed by atoms with Gasteiger partial charge < -0.3 is 10.1 Å². The lowest BCUT2D eigenvalue weighted by atomic mass is 9.92. The minimum absolute atomic E-state index is 0.141. The molecule has 132 valence electrons. The quantitative estimate of drug-likeness (QED) is 0.712. The van der Waals surface area contributed by atoms with E-state index >= 15 is 0 Å². The van der Waals surface area contributed by atoms with Crippen molar-refractivity contribution >= 4 is 22.4 Å². The van der Waals surface area contributed by atoms with Crippen LogP contribution in [0, 0.1) is 0 Å². The molecule has 3 heteroatoms. The highest BCUT2D eigenvalue weighted by molar-refractivity contribution is 5.96. The second kappa shape index (κ2) is 7.20. The topological polar surface area (TPSA) is 38.3 Å². The van der Waals surface area contributed by atoms with E-state index in [-0.39, 0.29) is 5.91 Å². The van der Waals surface area contributed by atoms with Gasteiger partial charge in [-0.2, -0.15) is 0 Å². The van der Waals surface area contributed by atoms with E-state index in [1.54, 1.807) is 6.92 Å². The van der Waals surface area contributed by atoms with Crippen LogP contribution in [0.2, 0.25) is 0 Å². The number of ether oxygens (including phenoxy) is 1. The summed E-state index contributed by atoms with van der Waals surface area (Å²) < 4.78 is 5.89. The van der Waals surface area contributed by atoms with Crippen molar-refractivity contribution in [2.75, 3.05) is 5.32 Å². The molecule has 0 radical (unpaired) electrons. The number of benzene rings is 3. The van der Waals surface area contributed by atoms with Crippen LogP contribution in [0.4, 0.5) is 5.69 Å². The molecule has 1 atom stereocenters. The van der Waals surface area contributed by atoms with Gasteiger partial charge in [0.05, 0.1) is 0 Å². The Labute approximate surface area is 154 Å². The number of carbonyl (C=O) groups is 1.